The van der Waals surface area contributed by atoms with Crippen molar-refractivity contribution in [3.05, 3.63) is 35.6 Å². The van der Waals surface area contributed by atoms with E-state index in [9.17, 15) is 18.8 Å². The van der Waals surface area contributed by atoms with Crippen LogP contribution in [0.4, 0.5) is 4.39 Å². The van der Waals surface area contributed by atoms with E-state index in [2.05, 4.69) is 0 Å². The number of amides is 3. The summed E-state index contributed by atoms with van der Waals surface area (Å²) < 4.78 is 19.6. The summed E-state index contributed by atoms with van der Waals surface area (Å²) >= 11 is 0. The first-order valence-electron chi connectivity index (χ1n) is 11.4. The van der Waals surface area contributed by atoms with Crippen LogP contribution in [0.1, 0.15) is 39.2 Å². The molecule has 1 atom stereocenters. The molecule has 0 N–H and O–H groups in total. The number of benzene rings is 1. The Labute approximate surface area is 189 Å². The van der Waals surface area contributed by atoms with Crippen molar-refractivity contribution in [1.29, 1.82) is 0 Å². The summed E-state index contributed by atoms with van der Waals surface area (Å²) in [5.41, 5.74) is 0.713. The second kappa shape index (κ2) is 10.9. The lowest BCUT2D eigenvalue weighted by molar-refractivity contribution is -0.144. The highest BCUT2D eigenvalue weighted by molar-refractivity contribution is 5.86. The Morgan fingerprint density at radius 1 is 1.16 bits per heavy atom. The van der Waals surface area contributed by atoms with Gasteiger partial charge >= 0.3 is 0 Å². The van der Waals surface area contributed by atoms with E-state index < -0.39 is 0 Å². The minimum atomic E-state index is -0.357. The summed E-state index contributed by atoms with van der Waals surface area (Å²) in [6, 6.07) is 6.25. The Bertz CT molecular complexity index is 823. The number of hydrogen-bond donors (Lipinski definition) is 0. The number of nitrogens with zero attached hydrogens (tertiary/aromatic N) is 3. The quantitative estimate of drug-likeness (QED) is 0.671. The van der Waals surface area contributed by atoms with Crippen molar-refractivity contribution < 1.29 is 23.5 Å². The van der Waals surface area contributed by atoms with Crippen molar-refractivity contribution in [3.8, 4) is 0 Å². The summed E-state index contributed by atoms with van der Waals surface area (Å²) in [5, 5.41) is 0. The van der Waals surface area contributed by atoms with Gasteiger partial charge in [-0.1, -0.05) is 26.0 Å². The van der Waals surface area contributed by atoms with Crippen LogP contribution < -0.4 is 0 Å². The highest BCUT2D eigenvalue weighted by Crippen LogP contribution is 2.22. The fourth-order valence-electron chi connectivity index (χ4n) is 4.41. The number of ether oxygens (including phenoxy) is 1. The molecular formula is C24H34FN3O4. The lowest BCUT2D eigenvalue weighted by Gasteiger charge is -2.33. The van der Waals surface area contributed by atoms with Crippen molar-refractivity contribution >= 4 is 17.7 Å². The number of rotatable bonds is 6. The van der Waals surface area contributed by atoms with Crippen LogP contribution in [0.2, 0.25) is 0 Å². The van der Waals surface area contributed by atoms with E-state index in [-0.39, 0.29) is 48.7 Å². The zero-order valence-corrected chi connectivity index (χ0v) is 19.3. The van der Waals surface area contributed by atoms with Gasteiger partial charge in [0.15, 0.2) is 0 Å². The predicted octanol–water partition coefficient (Wildman–Crippen LogP) is 2.30. The summed E-state index contributed by atoms with van der Waals surface area (Å²) in [5.74, 6) is -0.328. The maximum absolute atomic E-state index is 13.5. The molecule has 32 heavy (non-hydrogen) atoms. The van der Waals surface area contributed by atoms with Crippen molar-refractivity contribution in [2.24, 2.45) is 11.8 Å². The number of carbonyl (C=O) groups is 3. The predicted molar refractivity (Wildman–Crippen MR) is 118 cm³/mol. The van der Waals surface area contributed by atoms with Gasteiger partial charge in [0, 0.05) is 45.6 Å². The Hall–Kier alpha value is -2.48. The van der Waals surface area contributed by atoms with Crippen LogP contribution in [0.5, 0.6) is 0 Å². The smallest absolute Gasteiger partial charge is 0.242 e. The second-order valence-electron chi connectivity index (χ2n) is 9.25. The van der Waals surface area contributed by atoms with Gasteiger partial charge in [-0.05, 0) is 36.5 Å². The standard InChI is InChI=1S/C24H34FN3O4/c1-17(2)12-27-13-22(32-16-19-5-4-6-21(25)11-19)14-28(15-23(27)30)24(31)20-7-9-26(10-8-20)18(3)29/h4-6,11,17,20,22H,7-10,12-16H2,1-3H3/t22-/m0/s1. The van der Waals surface area contributed by atoms with Gasteiger partial charge < -0.3 is 19.4 Å². The van der Waals surface area contributed by atoms with Crippen LogP contribution in [0.25, 0.3) is 0 Å². The number of halogens is 1. The molecule has 1 aromatic rings. The number of likely N-dealkylation sites (tertiary alicyclic amines) is 1. The minimum Gasteiger partial charge on any atom is -0.370 e. The van der Waals surface area contributed by atoms with Gasteiger partial charge in [-0.3, -0.25) is 14.4 Å². The second-order valence-corrected chi connectivity index (χ2v) is 9.25. The molecule has 3 rings (SSSR count). The van der Waals surface area contributed by atoms with Crippen LogP contribution in [-0.2, 0) is 25.7 Å². The van der Waals surface area contributed by atoms with E-state index in [4.69, 9.17) is 4.74 Å². The molecule has 0 bridgehead atoms. The average Bonchev–Trinajstić information content (AvgIpc) is 2.90. The molecule has 0 aromatic heterocycles. The maximum Gasteiger partial charge on any atom is 0.242 e. The van der Waals surface area contributed by atoms with Crippen LogP contribution in [0.3, 0.4) is 0 Å². The average molecular weight is 448 g/mol. The van der Waals surface area contributed by atoms with Gasteiger partial charge in [0.1, 0.15) is 5.82 Å². The molecule has 2 fully saturated rings. The van der Waals surface area contributed by atoms with Crippen LogP contribution in [-0.4, -0.2) is 77.8 Å². The normalized spacial score (nSPS) is 20.6. The number of hydrogen-bond acceptors (Lipinski definition) is 4. The van der Waals surface area contributed by atoms with Crippen molar-refractivity contribution in [1.82, 2.24) is 14.7 Å². The fourth-order valence-corrected chi connectivity index (χ4v) is 4.41. The van der Waals surface area contributed by atoms with Gasteiger partial charge in [0.05, 0.1) is 19.3 Å². The van der Waals surface area contributed by atoms with E-state index >= 15 is 0 Å². The van der Waals surface area contributed by atoms with E-state index in [1.54, 1.807) is 33.8 Å². The molecule has 0 saturated carbocycles. The molecule has 176 valence electrons. The molecule has 0 spiro atoms. The number of carbonyl (C=O) groups excluding carboxylic acids is 3. The SMILES string of the molecule is CC(=O)N1CCC(C(=O)N2CC(=O)N(CC(C)C)C[C@H](OCc3cccc(F)c3)C2)CC1. The molecule has 3 amide bonds. The largest absolute Gasteiger partial charge is 0.370 e. The van der Waals surface area contributed by atoms with Gasteiger partial charge in [-0.15, -0.1) is 0 Å². The monoisotopic (exact) mass is 447 g/mol. The first kappa shape index (κ1) is 24.2. The molecule has 2 aliphatic rings. The van der Waals surface area contributed by atoms with Crippen molar-refractivity contribution in [2.45, 2.75) is 46.3 Å². The van der Waals surface area contributed by atoms with E-state index in [0.717, 1.165) is 0 Å². The summed E-state index contributed by atoms with van der Waals surface area (Å²) in [6.45, 7) is 8.33. The van der Waals surface area contributed by atoms with Crippen LogP contribution in [0, 0.1) is 17.7 Å². The summed E-state index contributed by atoms with van der Waals surface area (Å²) in [4.78, 5) is 42.9. The Morgan fingerprint density at radius 3 is 2.50 bits per heavy atom. The maximum atomic E-state index is 13.5. The van der Waals surface area contributed by atoms with E-state index in [1.807, 2.05) is 13.8 Å². The van der Waals surface area contributed by atoms with E-state index in [1.165, 1.54) is 12.1 Å². The molecule has 0 radical (unpaired) electrons. The zero-order valence-electron chi connectivity index (χ0n) is 19.3. The van der Waals surface area contributed by atoms with Crippen LogP contribution in [0.15, 0.2) is 24.3 Å². The summed E-state index contributed by atoms with van der Waals surface area (Å²) in [6.07, 6.45) is 0.853. The van der Waals surface area contributed by atoms with Crippen molar-refractivity contribution in [2.75, 3.05) is 39.3 Å². The molecule has 2 saturated heterocycles. The highest BCUT2D eigenvalue weighted by atomic mass is 19.1. The zero-order chi connectivity index (χ0) is 23.3. The molecule has 1 aromatic carbocycles. The highest BCUT2D eigenvalue weighted by Gasteiger charge is 2.35. The third-order valence-corrected chi connectivity index (χ3v) is 6.09. The topological polar surface area (TPSA) is 70.2 Å². The van der Waals surface area contributed by atoms with Gasteiger partial charge in [0.25, 0.3) is 0 Å². The number of piperidine rings is 1. The van der Waals surface area contributed by atoms with Gasteiger partial charge in [-0.2, -0.15) is 0 Å². The molecule has 7 nitrogen and oxygen atoms in total. The fraction of sp³-hybridized carbons (Fsp3) is 0.625. The van der Waals surface area contributed by atoms with Crippen LogP contribution >= 0.6 is 0 Å². The first-order valence-corrected chi connectivity index (χ1v) is 11.4. The van der Waals surface area contributed by atoms with Crippen molar-refractivity contribution in [3.63, 3.8) is 0 Å². The molecular weight excluding hydrogens is 413 g/mol. The van der Waals surface area contributed by atoms with Gasteiger partial charge in [0.2, 0.25) is 17.7 Å². The molecule has 8 heteroatoms. The molecule has 0 unspecified atom stereocenters. The lowest BCUT2D eigenvalue weighted by atomic mass is 9.95. The Balaban J connectivity index is 1.69. The molecule has 2 heterocycles. The minimum absolute atomic E-state index is 0.0241. The lowest BCUT2D eigenvalue weighted by Crippen LogP contribution is -2.47. The Morgan fingerprint density at radius 2 is 1.88 bits per heavy atom. The van der Waals surface area contributed by atoms with Gasteiger partial charge in [-0.25, -0.2) is 4.39 Å². The molecule has 0 aliphatic carbocycles. The summed E-state index contributed by atoms with van der Waals surface area (Å²) in [7, 11) is 0. The third kappa shape index (κ3) is 6.51. The van der Waals surface area contributed by atoms with E-state index in [0.29, 0.717) is 57.0 Å². The first-order chi connectivity index (χ1) is 15.2. The Kier molecular flexibility index (Phi) is 8.23. The third-order valence-electron chi connectivity index (χ3n) is 6.09. The molecule has 2 aliphatic heterocycles.